The first-order valence-corrected chi connectivity index (χ1v) is 25.0. The number of hydrogen-bond donors (Lipinski definition) is 12. The summed E-state index contributed by atoms with van der Waals surface area (Å²) in [7, 11) is 0. The van der Waals surface area contributed by atoms with Gasteiger partial charge in [-0.1, -0.05) is 0 Å². The summed E-state index contributed by atoms with van der Waals surface area (Å²) in [6.07, 6.45) is -1.60. The summed E-state index contributed by atoms with van der Waals surface area (Å²) >= 11 is 0. The zero-order valence-corrected chi connectivity index (χ0v) is 42.8. The maximum Gasteiger partial charge on any atom is 0.220 e. The maximum absolute atomic E-state index is 13.2. The van der Waals surface area contributed by atoms with Gasteiger partial charge >= 0.3 is 0 Å². The number of rotatable bonds is 52. The van der Waals surface area contributed by atoms with E-state index in [1.807, 2.05) is 0 Å². The molecule has 0 saturated heterocycles. The summed E-state index contributed by atoms with van der Waals surface area (Å²) in [6, 6.07) is 0. The lowest BCUT2D eigenvalue weighted by Gasteiger charge is -2.35. The SMILES string of the molecule is NCCOCCOCCNC(=O)CCC(=O)NCC(CNC(=O)CCC(=O)NCCOCCOCCN)(CNC(=O)CCC(=O)NCCOCCOCCN)CNC(=O)CCC(=O)NCCOCCOCCN. The van der Waals surface area contributed by atoms with Gasteiger partial charge in [0.2, 0.25) is 47.3 Å². The molecule has 0 aromatic rings. The standard InChI is InChI=1S/C45H88N12O16/c46-9-17-66-25-29-70-21-13-50-37(58)1-5-41(62)54-33-45(34-55-42(63)6-2-38(59)51-14-22-71-30-26-67-18-10-47,35-56-43(64)7-3-39(60)52-15-23-72-31-27-68-19-11-48)36-57-44(65)8-4-40(61)53-16-24-73-32-28-69-20-12-49/h1-36,46-49H2,(H,50,58)(H,51,59)(H,52,60)(H,53,61)(H,54,62)(H,55,63)(H,56,64)(H,57,65). The molecular formula is C45H88N12O16. The number of ether oxygens (including phenoxy) is 8. The van der Waals surface area contributed by atoms with E-state index in [0.717, 1.165) is 0 Å². The molecule has 0 aromatic heterocycles. The molecule has 28 heteroatoms. The molecule has 0 aliphatic rings. The first-order valence-electron chi connectivity index (χ1n) is 25.0. The van der Waals surface area contributed by atoms with Crippen LogP contribution in [0.1, 0.15) is 51.4 Å². The minimum absolute atomic E-state index is 0.172. The van der Waals surface area contributed by atoms with E-state index in [1.165, 1.54) is 0 Å². The van der Waals surface area contributed by atoms with Crippen LogP contribution in [0.5, 0.6) is 0 Å². The van der Waals surface area contributed by atoms with E-state index >= 15 is 0 Å². The molecule has 0 saturated carbocycles. The Morgan fingerprint density at radius 1 is 0.247 bits per heavy atom. The Kier molecular flexibility index (Phi) is 46.3. The third-order valence-electron chi connectivity index (χ3n) is 9.77. The van der Waals surface area contributed by atoms with Crippen LogP contribution >= 0.6 is 0 Å². The zero-order chi connectivity index (χ0) is 53.9. The van der Waals surface area contributed by atoms with Crippen molar-refractivity contribution in [1.29, 1.82) is 0 Å². The predicted octanol–water partition coefficient (Wildman–Crippen LogP) is -6.01. The number of carbonyl (C=O) groups is 8. The molecule has 0 radical (unpaired) electrons. The second-order valence-electron chi connectivity index (χ2n) is 16.1. The van der Waals surface area contributed by atoms with Crippen LogP contribution in [0.15, 0.2) is 0 Å². The second kappa shape index (κ2) is 49.5. The third-order valence-corrected chi connectivity index (χ3v) is 9.77. The highest BCUT2D eigenvalue weighted by molar-refractivity contribution is 5.86. The molecule has 73 heavy (non-hydrogen) atoms. The van der Waals surface area contributed by atoms with Gasteiger partial charge in [-0.05, 0) is 0 Å². The molecule has 0 aliphatic carbocycles. The van der Waals surface area contributed by atoms with Crippen molar-refractivity contribution in [2.24, 2.45) is 28.3 Å². The average molecular weight is 1050 g/mol. The van der Waals surface area contributed by atoms with Crippen LogP contribution in [0.25, 0.3) is 0 Å². The monoisotopic (exact) mass is 1050 g/mol. The highest BCUT2D eigenvalue weighted by Crippen LogP contribution is 2.15. The average Bonchev–Trinajstić information content (AvgIpc) is 3.38. The highest BCUT2D eigenvalue weighted by atomic mass is 16.5. The van der Waals surface area contributed by atoms with Crippen molar-refractivity contribution in [3.05, 3.63) is 0 Å². The van der Waals surface area contributed by atoms with Crippen molar-refractivity contribution in [1.82, 2.24) is 42.5 Å². The van der Waals surface area contributed by atoms with Gasteiger partial charge in [0, 0.05) is 135 Å². The summed E-state index contributed by atoms with van der Waals surface area (Å²) in [6.45, 7) is 6.63. The number of nitrogens with one attached hydrogen (secondary N) is 8. The van der Waals surface area contributed by atoms with Crippen LogP contribution in [-0.2, 0) is 76.3 Å². The van der Waals surface area contributed by atoms with Crippen LogP contribution in [-0.4, -0.2) is 232 Å². The van der Waals surface area contributed by atoms with E-state index in [2.05, 4.69) is 42.5 Å². The van der Waals surface area contributed by atoms with E-state index in [4.69, 9.17) is 60.8 Å². The Morgan fingerprint density at radius 2 is 0.411 bits per heavy atom. The van der Waals surface area contributed by atoms with Gasteiger partial charge in [-0.25, -0.2) is 0 Å². The van der Waals surface area contributed by atoms with Crippen molar-refractivity contribution < 1.29 is 76.3 Å². The van der Waals surface area contributed by atoms with Crippen LogP contribution < -0.4 is 65.5 Å². The van der Waals surface area contributed by atoms with Crippen LogP contribution in [0.2, 0.25) is 0 Å². The van der Waals surface area contributed by atoms with Gasteiger partial charge in [-0.15, -0.1) is 0 Å². The molecule has 28 nitrogen and oxygen atoms in total. The van der Waals surface area contributed by atoms with Crippen molar-refractivity contribution >= 4 is 47.3 Å². The molecular weight excluding hydrogens is 965 g/mol. The van der Waals surface area contributed by atoms with Gasteiger partial charge < -0.3 is 103 Å². The van der Waals surface area contributed by atoms with E-state index in [-0.39, 0.29) is 130 Å². The minimum atomic E-state index is -1.32. The number of amides is 8. The lowest BCUT2D eigenvalue weighted by atomic mass is 9.86. The Hall–Kier alpha value is -4.72. The molecule has 424 valence electrons. The number of hydrogen-bond acceptors (Lipinski definition) is 20. The zero-order valence-electron chi connectivity index (χ0n) is 42.8. The van der Waals surface area contributed by atoms with Crippen LogP contribution in [0.3, 0.4) is 0 Å². The van der Waals surface area contributed by atoms with Crippen molar-refractivity contribution in [2.45, 2.75) is 51.4 Å². The Labute approximate surface area is 429 Å². The lowest BCUT2D eigenvalue weighted by molar-refractivity contribution is -0.128. The first kappa shape index (κ1) is 68.3. The highest BCUT2D eigenvalue weighted by Gasteiger charge is 2.33. The molecule has 0 fully saturated rings. The van der Waals surface area contributed by atoms with Crippen molar-refractivity contribution in [3.8, 4) is 0 Å². The smallest absolute Gasteiger partial charge is 0.220 e. The molecule has 0 aliphatic heterocycles. The maximum atomic E-state index is 13.2. The van der Waals surface area contributed by atoms with E-state index in [1.54, 1.807) is 0 Å². The molecule has 0 heterocycles. The van der Waals surface area contributed by atoms with Gasteiger partial charge in [0.1, 0.15) is 0 Å². The summed E-state index contributed by atoms with van der Waals surface area (Å²) in [5.41, 5.74) is 20.2. The molecule has 8 amide bonds. The van der Waals surface area contributed by atoms with Crippen molar-refractivity contribution in [2.75, 3.05) is 184 Å². The first-order chi connectivity index (χ1) is 35.4. The predicted molar refractivity (Wildman–Crippen MR) is 266 cm³/mol. The fraction of sp³-hybridized carbons (Fsp3) is 0.822. The third kappa shape index (κ3) is 45.6. The normalized spacial score (nSPS) is 11.1. The Bertz CT molecular complexity index is 1280. The number of carbonyl (C=O) groups excluding carboxylic acids is 8. The molecule has 0 rings (SSSR count). The Balaban J connectivity index is 5.81. The summed E-state index contributed by atoms with van der Waals surface area (Å²) in [5, 5.41) is 21.7. The van der Waals surface area contributed by atoms with Gasteiger partial charge in [0.05, 0.1) is 106 Å². The van der Waals surface area contributed by atoms with Gasteiger partial charge in [-0.2, -0.15) is 0 Å². The minimum Gasteiger partial charge on any atom is -0.378 e. The molecule has 16 N–H and O–H groups in total. The molecule has 0 aromatic carbocycles. The summed E-state index contributed by atoms with van der Waals surface area (Å²) in [4.78, 5) is 103. The number of nitrogens with two attached hydrogens (primary N) is 4. The lowest BCUT2D eigenvalue weighted by Crippen LogP contribution is -2.57. The van der Waals surface area contributed by atoms with Gasteiger partial charge in [0.15, 0.2) is 0 Å². The molecule has 0 spiro atoms. The fourth-order valence-electron chi connectivity index (χ4n) is 5.81. The fourth-order valence-corrected chi connectivity index (χ4v) is 5.81. The topological polar surface area (TPSA) is 411 Å². The van der Waals surface area contributed by atoms with Crippen LogP contribution in [0.4, 0.5) is 0 Å². The summed E-state index contributed by atoms with van der Waals surface area (Å²) in [5.74, 6) is -3.82. The quantitative estimate of drug-likeness (QED) is 0.0252. The molecule has 0 unspecified atom stereocenters. The van der Waals surface area contributed by atoms with Crippen LogP contribution in [0, 0.1) is 5.41 Å². The van der Waals surface area contributed by atoms with E-state index < -0.39 is 52.7 Å². The summed E-state index contributed by atoms with van der Waals surface area (Å²) < 4.78 is 42.5. The van der Waals surface area contributed by atoms with Crippen molar-refractivity contribution in [3.63, 3.8) is 0 Å². The van der Waals surface area contributed by atoms with E-state index in [0.29, 0.717) is 105 Å². The second-order valence-corrected chi connectivity index (χ2v) is 16.1. The Morgan fingerprint density at radius 3 is 0.589 bits per heavy atom. The van der Waals surface area contributed by atoms with E-state index in [9.17, 15) is 38.4 Å². The largest absolute Gasteiger partial charge is 0.378 e. The van der Waals surface area contributed by atoms with Gasteiger partial charge in [0.25, 0.3) is 0 Å². The molecule has 0 atom stereocenters. The van der Waals surface area contributed by atoms with Gasteiger partial charge in [-0.3, -0.25) is 38.4 Å². The molecule has 0 bridgehead atoms.